The van der Waals surface area contributed by atoms with Crippen LogP contribution in [-0.2, 0) is 6.42 Å². The highest BCUT2D eigenvalue weighted by atomic mass is 32.2. The van der Waals surface area contributed by atoms with E-state index >= 15 is 0 Å². The minimum Gasteiger partial charge on any atom is -0.493 e. The van der Waals surface area contributed by atoms with Crippen LogP contribution in [0, 0.1) is 13.8 Å². The summed E-state index contributed by atoms with van der Waals surface area (Å²) in [6.07, 6.45) is 0.865. The molecular weight excluding hydrogens is 316 g/mol. The maximum atomic E-state index is 5.75. The monoisotopic (exact) mass is 338 g/mol. The maximum absolute atomic E-state index is 5.75. The number of rotatable bonds is 7. The molecule has 0 bridgehead atoms. The highest BCUT2D eigenvalue weighted by Crippen LogP contribution is 2.19. The second-order valence-electron chi connectivity index (χ2n) is 5.79. The summed E-state index contributed by atoms with van der Waals surface area (Å²) in [7, 11) is 0. The van der Waals surface area contributed by atoms with Crippen LogP contribution in [0.4, 0.5) is 0 Å². The van der Waals surface area contributed by atoms with Crippen LogP contribution in [0.2, 0.25) is 0 Å². The number of aromatic nitrogens is 2. The van der Waals surface area contributed by atoms with Crippen molar-refractivity contribution in [2.45, 2.75) is 25.4 Å². The third-order valence-electron chi connectivity index (χ3n) is 3.79. The van der Waals surface area contributed by atoms with E-state index in [2.05, 4.69) is 55.2 Å². The van der Waals surface area contributed by atoms with Crippen LogP contribution in [0.25, 0.3) is 0 Å². The molecule has 0 spiro atoms. The molecular formula is C20H22N2OS. The molecule has 24 heavy (non-hydrogen) atoms. The van der Waals surface area contributed by atoms with Gasteiger partial charge in [-0.1, -0.05) is 59.8 Å². The molecule has 0 fully saturated rings. The van der Waals surface area contributed by atoms with Crippen molar-refractivity contribution >= 4 is 11.8 Å². The Morgan fingerprint density at radius 3 is 2.50 bits per heavy atom. The van der Waals surface area contributed by atoms with Gasteiger partial charge in [0.2, 0.25) is 0 Å². The second-order valence-corrected chi connectivity index (χ2v) is 6.87. The second kappa shape index (κ2) is 8.06. The summed E-state index contributed by atoms with van der Waals surface area (Å²) < 4.78 is 5.75. The third kappa shape index (κ3) is 4.65. The van der Waals surface area contributed by atoms with Gasteiger partial charge in [-0.3, -0.25) is 0 Å². The summed E-state index contributed by atoms with van der Waals surface area (Å²) in [5.74, 6) is 1.78. The van der Waals surface area contributed by atoms with Gasteiger partial charge in [-0.2, -0.15) is 0 Å². The lowest BCUT2D eigenvalue weighted by Crippen LogP contribution is -2.00. The zero-order chi connectivity index (χ0) is 16.8. The van der Waals surface area contributed by atoms with Crippen LogP contribution in [0.3, 0.4) is 0 Å². The fourth-order valence-corrected chi connectivity index (χ4v) is 3.19. The molecule has 0 aliphatic heterocycles. The van der Waals surface area contributed by atoms with Crippen LogP contribution in [0.1, 0.15) is 22.5 Å². The molecule has 0 unspecified atom stereocenters. The molecule has 0 aliphatic rings. The molecule has 2 aromatic carbocycles. The molecule has 0 radical (unpaired) electrons. The van der Waals surface area contributed by atoms with Gasteiger partial charge in [-0.05, 0) is 31.5 Å². The van der Waals surface area contributed by atoms with Gasteiger partial charge in [0.25, 0.3) is 0 Å². The number of thioether (sulfide) groups is 1. The van der Waals surface area contributed by atoms with Gasteiger partial charge in [0, 0.05) is 17.9 Å². The molecule has 3 aromatic rings. The Morgan fingerprint density at radius 2 is 1.75 bits per heavy atom. The van der Waals surface area contributed by atoms with E-state index in [1.807, 2.05) is 18.2 Å². The number of hydrogen-bond donors (Lipinski definition) is 1. The van der Waals surface area contributed by atoms with E-state index in [4.69, 9.17) is 9.72 Å². The molecule has 0 saturated carbocycles. The summed E-state index contributed by atoms with van der Waals surface area (Å²) >= 11 is 1.70. The van der Waals surface area contributed by atoms with Crippen molar-refractivity contribution in [1.29, 1.82) is 0 Å². The van der Waals surface area contributed by atoms with Gasteiger partial charge < -0.3 is 9.72 Å². The quantitative estimate of drug-likeness (QED) is 0.497. The number of imidazole rings is 1. The largest absolute Gasteiger partial charge is 0.493 e. The summed E-state index contributed by atoms with van der Waals surface area (Å²) in [6.45, 7) is 4.82. The van der Waals surface area contributed by atoms with E-state index in [0.29, 0.717) is 6.61 Å². The fourth-order valence-electron chi connectivity index (χ4n) is 2.43. The van der Waals surface area contributed by atoms with Crippen molar-refractivity contribution in [2.75, 3.05) is 12.4 Å². The van der Waals surface area contributed by atoms with Crippen molar-refractivity contribution in [2.24, 2.45) is 0 Å². The first-order valence-electron chi connectivity index (χ1n) is 8.12. The molecule has 0 atom stereocenters. The van der Waals surface area contributed by atoms with Gasteiger partial charge in [0.05, 0.1) is 12.3 Å². The van der Waals surface area contributed by atoms with E-state index < -0.39 is 0 Å². The predicted molar refractivity (Wildman–Crippen MR) is 100.0 cm³/mol. The SMILES string of the molecule is Cc1ccc(OCCSc2nc(Cc3ccccc3)c(C)[nH]2)cc1. The first-order valence-corrected chi connectivity index (χ1v) is 9.11. The lowest BCUT2D eigenvalue weighted by atomic mass is 10.1. The Labute approximate surface area is 147 Å². The molecule has 3 rings (SSSR count). The number of nitrogens with one attached hydrogen (secondary N) is 1. The number of aromatic amines is 1. The number of ether oxygens (including phenoxy) is 1. The molecule has 4 heteroatoms. The molecule has 0 amide bonds. The van der Waals surface area contributed by atoms with Gasteiger partial charge in [-0.15, -0.1) is 0 Å². The first-order chi connectivity index (χ1) is 11.7. The number of H-pyrrole nitrogens is 1. The van der Waals surface area contributed by atoms with Gasteiger partial charge >= 0.3 is 0 Å². The standard InChI is InChI=1S/C20H22N2OS/c1-15-8-10-18(11-9-15)23-12-13-24-20-21-16(2)19(22-20)14-17-6-4-3-5-7-17/h3-11H,12-14H2,1-2H3,(H,21,22). The van der Waals surface area contributed by atoms with E-state index in [0.717, 1.165) is 34.5 Å². The molecule has 0 aliphatic carbocycles. The zero-order valence-corrected chi connectivity index (χ0v) is 14.9. The van der Waals surface area contributed by atoms with Gasteiger partial charge in [0.1, 0.15) is 5.75 Å². The normalized spacial score (nSPS) is 10.8. The van der Waals surface area contributed by atoms with E-state index in [1.165, 1.54) is 11.1 Å². The Morgan fingerprint density at radius 1 is 1.00 bits per heavy atom. The summed E-state index contributed by atoms with van der Waals surface area (Å²) in [6, 6.07) is 18.6. The molecule has 1 aromatic heterocycles. The van der Waals surface area contributed by atoms with Crippen LogP contribution < -0.4 is 4.74 Å². The van der Waals surface area contributed by atoms with Crippen LogP contribution >= 0.6 is 11.8 Å². The predicted octanol–water partition coefficient (Wildman–Crippen LogP) is 4.79. The Bertz CT molecular complexity index is 766. The van der Waals surface area contributed by atoms with Crippen LogP contribution in [-0.4, -0.2) is 22.3 Å². The molecule has 124 valence electrons. The summed E-state index contributed by atoms with van der Waals surface area (Å²) in [4.78, 5) is 8.08. The lowest BCUT2D eigenvalue weighted by molar-refractivity contribution is 0.344. The van der Waals surface area contributed by atoms with Crippen LogP contribution in [0.5, 0.6) is 5.75 Å². The topological polar surface area (TPSA) is 37.9 Å². The van der Waals surface area contributed by atoms with Crippen molar-refractivity contribution in [3.8, 4) is 5.75 Å². The number of nitrogens with zero attached hydrogens (tertiary/aromatic N) is 1. The Kier molecular flexibility index (Phi) is 5.59. The van der Waals surface area contributed by atoms with Crippen molar-refractivity contribution < 1.29 is 4.74 Å². The highest BCUT2D eigenvalue weighted by Gasteiger charge is 2.08. The maximum Gasteiger partial charge on any atom is 0.165 e. The Balaban J connectivity index is 1.49. The summed E-state index contributed by atoms with van der Waals surface area (Å²) in [5.41, 5.74) is 4.78. The van der Waals surface area contributed by atoms with Gasteiger partial charge in [-0.25, -0.2) is 4.98 Å². The minimum absolute atomic E-state index is 0.668. The van der Waals surface area contributed by atoms with E-state index in [9.17, 15) is 0 Å². The van der Waals surface area contributed by atoms with Gasteiger partial charge in [0.15, 0.2) is 5.16 Å². The molecule has 1 N–H and O–H groups in total. The van der Waals surface area contributed by atoms with E-state index in [-0.39, 0.29) is 0 Å². The Hall–Kier alpha value is -2.20. The first kappa shape index (κ1) is 16.7. The summed E-state index contributed by atoms with van der Waals surface area (Å²) in [5, 5.41) is 0.964. The smallest absolute Gasteiger partial charge is 0.165 e. The fraction of sp³-hybridized carbons (Fsp3) is 0.250. The minimum atomic E-state index is 0.668. The number of benzene rings is 2. The van der Waals surface area contributed by atoms with E-state index in [1.54, 1.807) is 11.8 Å². The van der Waals surface area contributed by atoms with Crippen LogP contribution in [0.15, 0.2) is 59.8 Å². The van der Waals surface area contributed by atoms with Crippen molar-refractivity contribution in [3.05, 3.63) is 77.1 Å². The van der Waals surface area contributed by atoms with Crippen molar-refractivity contribution in [3.63, 3.8) is 0 Å². The molecule has 3 nitrogen and oxygen atoms in total. The zero-order valence-electron chi connectivity index (χ0n) is 14.1. The lowest BCUT2D eigenvalue weighted by Gasteiger charge is -2.05. The third-order valence-corrected chi connectivity index (χ3v) is 4.63. The number of hydrogen-bond acceptors (Lipinski definition) is 3. The number of aryl methyl sites for hydroxylation is 2. The average molecular weight is 338 g/mol. The molecule has 1 heterocycles. The average Bonchev–Trinajstić information content (AvgIpc) is 2.94. The molecule has 0 saturated heterocycles. The highest BCUT2D eigenvalue weighted by molar-refractivity contribution is 7.99. The van der Waals surface area contributed by atoms with Crippen molar-refractivity contribution in [1.82, 2.24) is 9.97 Å².